The topological polar surface area (TPSA) is 37.4 Å². The number of hydrogen-bond acceptors (Lipinski definition) is 3. The Labute approximate surface area is 129 Å². The van der Waals surface area contributed by atoms with Crippen molar-refractivity contribution >= 4 is 9.84 Å². The van der Waals surface area contributed by atoms with Crippen molar-refractivity contribution in [2.24, 2.45) is 0 Å². The molecule has 7 heteroatoms. The zero-order valence-corrected chi connectivity index (χ0v) is 13.4. The molecule has 1 fully saturated rings. The minimum atomic E-state index is -4.40. The van der Waals surface area contributed by atoms with Crippen LogP contribution in [-0.2, 0) is 22.6 Å². The summed E-state index contributed by atoms with van der Waals surface area (Å²) >= 11 is 0. The second-order valence-electron chi connectivity index (χ2n) is 5.94. The summed E-state index contributed by atoms with van der Waals surface area (Å²) in [6, 6.07) is 5.22. The molecule has 0 amide bonds. The lowest BCUT2D eigenvalue weighted by Gasteiger charge is -2.29. The Morgan fingerprint density at radius 3 is 2.45 bits per heavy atom. The first-order valence-electron chi connectivity index (χ1n) is 7.15. The molecule has 0 aliphatic heterocycles. The van der Waals surface area contributed by atoms with Crippen molar-refractivity contribution in [1.29, 1.82) is 0 Å². The van der Waals surface area contributed by atoms with Gasteiger partial charge in [-0.05, 0) is 31.5 Å². The van der Waals surface area contributed by atoms with Crippen LogP contribution < -0.4 is 0 Å². The Hall–Kier alpha value is -1.08. The summed E-state index contributed by atoms with van der Waals surface area (Å²) in [4.78, 5) is 1.74. The van der Waals surface area contributed by atoms with Gasteiger partial charge in [0.1, 0.15) is 0 Å². The number of sulfone groups is 1. The third-order valence-corrected chi connectivity index (χ3v) is 5.93. The van der Waals surface area contributed by atoms with Gasteiger partial charge in [0.15, 0.2) is 9.84 Å². The predicted molar refractivity (Wildman–Crippen MR) is 79.2 cm³/mol. The lowest BCUT2D eigenvalue weighted by molar-refractivity contribution is -0.138. The molecule has 0 N–H and O–H groups in total. The highest BCUT2D eigenvalue weighted by atomic mass is 32.2. The molecule has 0 spiro atoms. The first-order chi connectivity index (χ1) is 10.1. The maximum absolute atomic E-state index is 13.0. The van der Waals surface area contributed by atoms with E-state index in [9.17, 15) is 21.6 Å². The van der Waals surface area contributed by atoms with E-state index in [0.29, 0.717) is 12.8 Å². The highest BCUT2D eigenvalue weighted by Crippen LogP contribution is 2.34. The molecule has 1 aliphatic carbocycles. The molecule has 0 saturated heterocycles. The van der Waals surface area contributed by atoms with Crippen LogP contribution in [0.5, 0.6) is 0 Å². The van der Waals surface area contributed by atoms with E-state index in [1.165, 1.54) is 18.4 Å². The van der Waals surface area contributed by atoms with Crippen molar-refractivity contribution in [3.8, 4) is 0 Å². The number of halogens is 3. The maximum atomic E-state index is 13.0. The van der Waals surface area contributed by atoms with Crippen molar-refractivity contribution < 1.29 is 21.6 Å². The lowest BCUT2D eigenvalue weighted by Crippen LogP contribution is -2.41. The Kier molecular flexibility index (Phi) is 4.87. The average molecular weight is 335 g/mol. The van der Waals surface area contributed by atoms with Gasteiger partial charge in [0.2, 0.25) is 0 Å². The molecular weight excluding hydrogens is 315 g/mol. The molecule has 1 aromatic rings. The Morgan fingerprint density at radius 2 is 1.86 bits per heavy atom. The number of nitrogens with zero attached hydrogens (tertiary/aromatic N) is 1. The van der Waals surface area contributed by atoms with E-state index in [4.69, 9.17) is 0 Å². The Morgan fingerprint density at radius 1 is 1.23 bits per heavy atom. The standard InChI is InChI=1S/C15H20F3NO2S/c1-19(13-8-5-9-14(13)22(2,20)21)10-11-6-3-4-7-12(11)15(16,17)18/h3-4,6-7,13-14H,5,8-10H2,1-2H3/t13-,14-/m1/s1. The van der Waals surface area contributed by atoms with E-state index in [1.54, 1.807) is 18.0 Å². The van der Waals surface area contributed by atoms with Crippen molar-refractivity contribution in [3.63, 3.8) is 0 Å². The molecule has 2 atom stereocenters. The molecule has 0 heterocycles. The third-order valence-electron chi connectivity index (χ3n) is 4.28. The normalized spacial score (nSPS) is 23.2. The summed E-state index contributed by atoms with van der Waals surface area (Å²) in [6.07, 6.45) is -1.14. The van der Waals surface area contributed by atoms with Gasteiger partial charge in [0, 0.05) is 18.8 Å². The van der Waals surface area contributed by atoms with Crippen LogP contribution in [0.1, 0.15) is 30.4 Å². The zero-order valence-electron chi connectivity index (χ0n) is 12.6. The predicted octanol–water partition coefficient (Wildman–Crippen LogP) is 3.10. The molecular formula is C15H20F3NO2S. The summed E-state index contributed by atoms with van der Waals surface area (Å²) in [7, 11) is -1.50. The Bertz CT molecular complexity index is 628. The van der Waals surface area contributed by atoms with Gasteiger partial charge in [-0.15, -0.1) is 0 Å². The summed E-state index contributed by atoms with van der Waals surface area (Å²) < 4.78 is 62.7. The number of hydrogen-bond donors (Lipinski definition) is 0. The van der Waals surface area contributed by atoms with Gasteiger partial charge >= 0.3 is 6.18 Å². The van der Waals surface area contributed by atoms with Gasteiger partial charge in [-0.25, -0.2) is 8.42 Å². The van der Waals surface area contributed by atoms with Gasteiger partial charge < -0.3 is 0 Å². The van der Waals surface area contributed by atoms with Crippen LogP contribution in [0.15, 0.2) is 24.3 Å². The van der Waals surface area contributed by atoms with Gasteiger partial charge in [-0.3, -0.25) is 4.90 Å². The van der Waals surface area contributed by atoms with E-state index in [2.05, 4.69) is 0 Å². The number of rotatable bonds is 4. The smallest absolute Gasteiger partial charge is 0.298 e. The largest absolute Gasteiger partial charge is 0.416 e. The van der Waals surface area contributed by atoms with Gasteiger partial charge in [0.25, 0.3) is 0 Å². The molecule has 3 nitrogen and oxygen atoms in total. The molecule has 1 aliphatic rings. The molecule has 0 unspecified atom stereocenters. The monoisotopic (exact) mass is 335 g/mol. The summed E-state index contributed by atoms with van der Waals surface area (Å²) in [5.41, 5.74) is -0.479. The first-order valence-corrected chi connectivity index (χ1v) is 9.10. The molecule has 1 aromatic carbocycles. The van der Waals surface area contributed by atoms with Crippen molar-refractivity contribution in [3.05, 3.63) is 35.4 Å². The fraction of sp³-hybridized carbons (Fsp3) is 0.600. The highest BCUT2D eigenvalue weighted by Gasteiger charge is 2.38. The van der Waals surface area contributed by atoms with Crippen LogP contribution >= 0.6 is 0 Å². The van der Waals surface area contributed by atoms with Gasteiger partial charge in [-0.2, -0.15) is 13.2 Å². The molecule has 22 heavy (non-hydrogen) atoms. The van der Waals surface area contributed by atoms with Gasteiger partial charge in [-0.1, -0.05) is 24.6 Å². The van der Waals surface area contributed by atoms with Crippen LogP contribution in [0.2, 0.25) is 0 Å². The quantitative estimate of drug-likeness (QED) is 0.848. The molecule has 0 aromatic heterocycles. The zero-order chi connectivity index (χ0) is 16.5. The van der Waals surface area contributed by atoms with Crippen LogP contribution in [0, 0.1) is 0 Å². The van der Waals surface area contributed by atoms with E-state index in [1.807, 2.05) is 0 Å². The molecule has 0 bridgehead atoms. The SMILES string of the molecule is CN(Cc1ccccc1C(F)(F)F)[C@@H]1CCC[C@H]1S(C)(=O)=O. The minimum Gasteiger partial charge on any atom is -0.298 e. The minimum absolute atomic E-state index is 0.0897. The number of alkyl halides is 3. The van der Waals surface area contributed by atoms with Crippen molar-refractivity contribution in [1.82, 2.24) is 4.90 Å². The van der Waals surface area contributed by atoms with Gasteiger partial charge in [0.05, 0.1) is 10.8 Å². The first kappa shape index (κ1) is 17.3. The van der Waals surface area contributed by atoms with Crippen LogP contribution in [0.25, 0.3) is 0 Å². The van der Waals surface area contributed by atoms with Crippen LogP contribution in [0.3, 0.4) is 0 Å². The maximum Gasteiger partial charge on any atom is 0.416 e. The van der Waals surface area contributed by atoms with E-state index in [0.717, 1.165) is 12.5 Å². The van der Waals surface area contributed by atoms with Crippen LogP contribution in [0.4, 0.5) is 13.2 Å². The molecule has 0 radical (unpaired) electrons. The highest BCUT2D eigenvalue weighted by molar-refractivity contribution is 7.91. The van der Waals surface area contributed by atoms with E-state index >= 15 is 0 Å². The van der Waals surface area contributed by atoms with E-state index in [-0.39, 0.29) is 18.2 Å². The van der Waals surface area contributed by atoms with E-state index < -0.39 is 26.8 Å². The average Bonchev–Trinajstić information content (AvgIpc) is 2.87. The van der Waals surface area contributed by atoms with Crippen LogP contribution in [-0.4, -0.2) is 37.9 Å². The summed E-state index contributed by atoms with van der Waals surface area (Å²) in [6.45, 7) is 0.0897. The molecule has 124 valence electrons. The Balaban J connectivity index is 2.21. The fourth-order valence-electron chi connectivity index (χ4n) is 3.23. The third kappa shape index (κ3) is 3.81. The van der Waals surface area contributed by atoms with Crippen molar-refractivity contribution in [2.75, 3.05) is 13.3 Å². The second-order valence-corrected chi connectivity index (χ2v) is 8.20. The second kappa shape index (κ2) is 6.20. The fourth-order valence-corrected chi connectivity index (χ4v) is 4.74. The molecule has 2 rings (SSSR count). The molecule has 1 saturated carbocycles. The lowest BCUT2D eigenvalue weighted by atomic mass is 10.1. The number of benzene rings is 1. The summed E-state index contributed by atoms with van der Waals surface area (Å²) in [5.74, 6) is 0. The van der Waals surface area contributed by atoms with Crippen molar-refractivity contribution in [2.45, 2.75) is 43.3 Å². The summed E-state index contributed by atoms with van der Waals surface area (Å²) in [5, 5.41) is -0.490.